The predicted octanol–water partition coefficient (Wildman–Crippen LogP) is 4.46. The summed E-state index contributed by atoms with van der Waals surface area (Å²) in [6.45, 7) is 3.88. The average molecular weight is 444 g/mol. The Kier molecular flexibility index (Phi) is 7.06. The van der Waals surface area contributed by atoms with Crippen molar-refractivity contribution in [3.63, 3.8) is 0 Å². The Morgan fingerprint density at radius 3 is 2.61 bits per heavy atom. The predicted molar refractivity (Wildman–Crippen MR) is 116 cm³/mol. The fraction of sp³-hybridized carbons (Fsp3) is 0.391. The number of para-hydroxylation sites is 2. The average Bonchev–Trinajstić information content (AvgIpc) is 3.45. The number of nitrogens with zero attached hydrogens (tertiary/aromatic N) is 3. The molecule has 164 valence electrons. The fourth-order valence-electron chi connectivity index (χ4n) is 3.40. The van der Waals surface area contributed by atoms with Gasteiger partial charge in [-0.15, -0.1) is 0 Å². The summed E-state index contributed by atoms with van der Waals surface area (Å²) in [5, 5.41) is 4.86. The van der Waals surface area contributed by atoms with Gasteiger partial charge in [0, 0.05) is 10.6 Å². The molecule has 31 heavy (non-hydrogen) atoms. The summed E-state index contributed by atoms with van der Waals surface area (Å²) in [4.78, 5) is 4.02. The quantitative estimate of drug-likeness (QED) is 0.431. The number of halogens is 1. The van der Waals surface area contributed by atoms with Crippen LogP contribution in [0.15, 0.2) is 61.2 Å². The van der Waals surface area contributed by atoms with E-state index in [2.05, 4.69) is 17.0 Å². The van der Waals surface area contributed by atoms with E-state index in [1.807, 2.05) is 48.5 Å². The van der Waals surface area contributed by atoms with Crippen LogP contribution < -0.4 is 9.47 Å². The summed E-state index contributed by atoms with van der Waals surface area (Å²) in [5.41, 5.74) is 0.859. The maximum absolute atomic E-state index is 6.39. The Morgan fingerprint density at radius 1 is 1.13 bits per heavy atom. The van der Waals surface area contributed by atoms with Crippen LogP contribution in [0.2, 0.25) is 5.02 Å². The summed E-state index contributed by atoms with van der Waals surface area (Å²) in [6, 6.07) is 15.1. The van der Waals surface area contributed by atoms with Gasteiger partial charge >= 0.3 is 0 Å². The number of ether oxygens (including phenoxy) is 4. The first-order valence-corrected chi connectivity index (χ1v) is 10.8. The van der Waals surface area contributed by atoms with E-state index in [0.29, 0.717) is 37.1 Å². The second kappa shape index (κ2) is 10.1. The molecule has 1 aromatic heterocycles. The lowest BCUT2D eigenvalue weighted by Crippen LogP contribution is -2.34. The van der Waals surface area contributed by atoms with Crippen LogP contribution in [-0.4, -0.2) is 40.7 Å². The van der Waals surface area contributed by atoms with E-state index in [9.17, 15) is 0 Å². The molecular weight excluding hydrogens is 418 g/mol. The van der Waals surface area contributed by atoms with Crippen molar-refractivity contribution in [3.8, 4) is 11.5 Å². The normalized spacial score (nSPS) is 20.6. The van der Waals surface area contributed by atoms with Crippen molar-refractivity contribution in [2.24, 2.45) is 0 Å². The first kappa shape index (κ1) is 21.6. The van der Waals surface area contributed by atoms with Gasteiger partial charge in [0.2, 0.25) is 5.79 Å². The zero-order valence-corrected chi connectivity index (χ0v) is 18.2. The highest BCUT2D eigenvalue weighted by atomic mass is 35.5. The Morgan fingerprint density at radius 2 is 1.90 bits per heavy atom. The summed E-state index contributed by atoms with van der Waals surface area (Å²) in [5.74, 6) is 0.438. The highest BCUT2D eigenvalue weighted by Crippen LogP contribution is 2.37. The Hall–Kier alpha value is -2.61. The smallest absolute Gasteiger partial charge is 0.215 e. The van der Waals surface area contributed by atoms with Crippen molar-refractivity contribution < 1.29 is 18.9 Å². The van der Waals surface area contributed by atoms with Crippen LogP contribution in [0.3, 0.4) is 0 Å². The molecule has 2 aromatic carbocycles. The van der Waals surface area contributed by atoms with Crippen LogP contribution in [0.4, 0.5) is 0 Å². The number of aromatic nitrogens is 3. The molecule has 2 atom stereocenters. The highest BCUT2D eigenvalue weighted by molar-refractivity contribution is 6.30. The third-order valence-electron chi connectivity index (χ3n) is 5.01. The minimum atomic E-state index is -0.997. The molecule has 0 radical (unpaired) electrons. The molecule has 0 N–H and O–H groups in total. The van der Waals surface area contributed by atoms with Crippen LogP contribution >= 0.6 is 11.6 Å². The largest absolute Gasteiger partial charge is 0.490 e. The second-order valence-electron chi connectivity index (χ2n) is 7.36. The van der Waals surface area contributed by atoms with Gasteiger partial charge in [-0.3, -0.25) is 0 Å². The zero-order chi connectivity index (χ0) is 21.5. The molecule has 0 bridgehead atoms. The van der Waals surface area contributed by atoms with E-state index in [1.54, 1.807) is 11.0 Å². The van der Waals surface area contributed by atoms with Gasteiger partial charge in [0.25, 0.3) is 0 Å². The Balaban J connectivity index is 1.45. The molecule has 8 heteroatoms. The third kappa shape index (κ3) is 5.36. The molecule has 3 aromatic rings. The van der Waals surface area contributed by atoms with E-state index in [0.717, 1.165) is 24.2 Å². The van der Waals surface area contributed by atoms with Crippen molar-refractivity contribution in [1.82, 2.24) is 14.8 Å². The van der Waals surface area contributed by atoms with Crippen LogP contribution in [0.1, 0.15) is 25.3 Å². The lowest BCUT2D eigenvalue weighted by Gasteiger charge is -2.28. The number of hydrogen-bond acceptors (Lipinski definition) is 6. The Bertz CT molecular complexity index is 952. The summed E-state index contributed by atoms with van der Waals surface area (Å²) >= 11 is 6.07. The highest BCUT2D eigenvalue weighted by Gasteiger charge is 2.44. The molecule has 0 saturated carbocycles. The first-order valence-electron chi connectivity index (χ1n) is 10.4. The molecular formula is C23H26ClN3O4. The van der Waals surface area contributed by atoms with Gasteiger partial charge < -0.3 is 18.9 Å². The monoisotopic (exact) mass is 443 g/mol. The van der Waals surface area contributed by atoms with Crippen molar-refractivity contribution in [2.45, 2.75) is 38.2 Å². The minimum absolute atomic E-state index is 0.261. The molecule has 0 aliphatic carbocycles. The molecule has 0 spiro atoms. The number of unbranched alkanes of at least 4 members (excludes halogenated alkanes) is 1. The van der Waals surface area contributed by atoms with E-state index in [4.69, 9.17) is 30.5 Å². The maximum atomic E-state index is 6.39. The van der Waals surface area contributed by atoms with Gasteiger partial charge in [-0.25, -0.2) is 9.67 Å². The topological polar surface area (TPSA) is 67.6 Å². The van der Waals surface area contributed by atoms with E-state index < -0.39 is 5.79 Å². The molecule has 1 aliphatic rings. The van der Waals surface area contributed by atoms with Crippen molar-refractivity contribution in [2.75, 3.05) is 19.8 Å². The van der Waals surface area contributed by atoms with Crippen LogP contribution in [0.5, 0.6) is 11.5 Å². The van der Waals surface area contributed by atoms with Crippen LogP contribution in [0.25, 0.3) is 0 Å². The SMILES string of the molecule is CCCCOc1ccccc1OCC1COC(Cn2cncn2)(c2ccc(Cl)cc2)O1. The standard InChI is InChI=1S/C23H26ClN3O4/c1-2-3-12-28-21-6-4-5-7-22(21)29-13-20-14-30-23(31-20,15-27-17-25-16-26-27)18-8-10-19(24)11-9-18/h4-11,16-17,20H,2-3,12-15H2,1H3. The molecule has 0 amide bonds. The van der Waals surface area contributed by atoms with Gasteiger partial charge in [-0.1, -0.05) is 49.2 Å². The molecule has 1 fully saturated rings. The number of rotatable bonds is 10. The van der Waals surface area contributed by atoms with Gasteiger partial charge in [0.15, 0.2) is 11.5 Å². The van der Waals surface area contributed by atoms with Gasteiger partial charge in [0.05, 0.1) is 13.2 Å². The van der Waals surface area contributed by atoms with Crippen molar-refractivity contribution in [1.29, 1.82) is 0 Å². The molecule has 2 heterocycles. The van der Waals surface area contributed by atoms with Crippen molar-refractivity contribution >= 4 is 11.6 Å². The number of hydrogen-bond donors (Lipinski definition) is 0. The van der Waals surface area contributed by atoms with Gasteiger partial charge in [0.1, 0.15) is 31.9 Å². The second-order valence-corrected chi connectivity index (χ2v) is 7.80. The van der Waals surface area contributed by atoms with Crippen LogP contribution in [0, 0.1) is 0 Å². The summed E-state index contributed by atoms with van der Waals surface area (Å²) in [7, 11) is 0. The van der Waals surface area contributed by atoms with Gasteiger partial charge in [-0.05, 0) is 30.7 Å². The first-order chi connectivity index (χ1) is 15.2. The lowest BCUT2D eigenvalue weighted by atomic mass is 10.1. The number of benzene rings is 2. The molecule has 2 unspecified atom stereocenters. The Labute approximate surface area is 186 Å². The van der Waals surface area contributed by atoms with E-state index in [-0.39, 0.29) is 6.10 Å². The third-order valence-corrected chi connectivity index (χ3v) is 5.26. The molecule has 1 saturated heterocycles. The maximum Gasteiger partial charge on any atom is 0.215 e. The zero-order valence-electron chi connectivity index (χ0n) is 17.4. The minimum Gasteiger partial charge on any atom is -0.490 e. The fourth-order valence-corrected chi connectivity index (χ4v) is 3.53. The molecule has 4 rings (SSSR count). The van der Waals surface area contributed by atoms with E-state index >= 15 is 0 Å². The summed E-state index contributed by atoms with van der Waals surface area (Å²) in [6.07, 6.45) is 4.94. The molecule has 7 nitrogen and oxygen atoms in total. The van der Waals surface area contributed by atoms with E-state index in [1.165, 1.54) is 6.33 Å². The molecule has 1 aliphatic heterocycles. The summed E-state index contributed by atoms with van der Waals surface area (Å²) < 4.78 is 26.2. The van der Waals surface area contributed by atoms with Gasteiger partial charge in [-0.2, -0.15) is 5.10 Å². The van der Waals surface area contributed by atoms with Crippen molar-refractivity contribution in [3.05, 3.63) is 71.8 Å². The van der Waals surface area contributed by atoms with Crippen LogP contribution in [-0.2, 0) is 21.8 Å². The lowest BCUT2D eigenvalue weighted by molar-refractivity contribution is -0.190.